The van der Waals surface area contributed by atoms with E-state index in [1.807, 2.05) is 6.92 Å². The first kappa shape index (κ1) is 26.8. The Morgan fingerprint density at radius 3 is 1.67 bits per heavy atom. The molecule has 5 heteroatoms. The highest BCUT2D eigenvalue weighted by Crippen LogP contribution is 2.18. The third-order valence-electron chi connectivity index (χ3n) is 5.28. The summed E-state index contributed by atoms with van der Waals surface area (Å²) in [5.41, 5.74) is 0.587. The van der Waals surface area contributed by atoms with Crippen LogP contribution in [0.1, 0.15) is 110 Å². The molecule has 1 radical (unpaired) electrons. The maximum atomic E-state index is 12.2. The van der Waals surface area contributed by atoms with Gasteiger partial charge in [0, 0.05) is 5.69 Å². The van der Waals surface area contributed by atoms with Gasteiger partial charge in [0.15, 0.2) is 0 Å². The van der Waals surface area contributed by atoms with Crippen LogP contribution in [0.5, 0.6) is 5.75 Å². The number of sulfonamides is 1. The topological polar surface area (TPSA) is 55.4 Å². The summed E-state index contributed by atoms with van der Waals surface area (Å²) in [6.07, 6.45) is 18.5. The smallest absolute Gasteiger partial charge is 0.232 e. The molecule has 0 unspecified atom stereocenters. The van der Waals surface area contributed by atoms with Crippen LogP contribution in [0.3, 0.4) is 0 Å². The van der Waals surface area contributed by atoms with Crippen molar-refractivity contribution in [3.8, 4) is 5.75 Å². The normalized spacial score (nSPS) is 11.5. The Labute approximate surface area is 186 Å². The lowest BCUT2D eigenvalue weighted by molar-refractivity contribution is 0.397. The molecular formula is C25H44NO3S. The first-order valence-corrected chi connectivity index (χ1v) is 13.8. The van der Waals surface area contributed by atoms with E-state index >= 15 is 0 Å². The molecule has 0 aliphatic carbocycles. The van der Waals surface area contributed by atoms with Gasteiger partial charge >= 0.3 is 0 Å². The van der Waals surface area contributed by atoms with Crippen LogP contribution < -0.4 is 9.46 Å². The zero-order valence-corrected chi connectivity index (χ0v) is 20.1. The predicted octanol–water partition coefficient (Wildman–Crippen LogP) is 7.86. The molecular weight excluding hydrogens is 394 g/mol. The molecule has 4 nitrogen and oxygen atoms in total. The fraction of sp³-hybridized carbons (Fsp3) is 0.720. The summed E-state index contributed by atoms with van der Waals surface area (Å²) >= 11 is 0. The van der Waals surface area contributed by atoms with E-state index in [9.17, 15) is 8.42 Å². The molecule has 1 rings (SSSR count). The minimum atomic E-state index is -3.28. The lowest BCUT2D eigenvalue weighted by Crippen LogP contribution is -2.16. The van der Waals surface area contributed by atoms with Crippen LogP contribution in [0.25, 0.3) is 0 Å². The van der Waals surface area contributed by atoms with Gasteiger partial charge in [0.2, 0.25) is 10.0 Å². The van der Waals surface area contributed by atoms with E-state index in [0.717, 1.165) is 25.7 Å². The number of hydrogen-bond donors (Lipinski definition) is 1. The molecule has 0 atom stereocenters. The van der Waals surface area contributed by atoms with Crippen molar-refractivity contribution in [1.29, 1.82) is 0 Å². The molecule has 0 saturated heterocycles. The van der Waals surface area contributed by atoms with Crippen LogP contribution in [0.15, 0.2) is 24.3 Å². The number of ether oxygens (including phenoxy) is 1. The molecule has 0 fully saturated rings. The highest BCUT2D eigenvalue weighted by atomic mass is 32.2. The van der Waals surface area contributed by atoms with Gasteiger partial charge in [-0.1, -0.05) is 97.3 Å². The van der Waals surface area contributed by atoms with Gasteiger partial charge in [-0.2, -0.15) is 0 Å². The van der Waals surface area contributed by atoms with Crippen LogP contribution in [0.2, 0.25) is 0 Å². The van der Waals surface area contributed by atoms with Crippen molar-refractivity contribution >= 4 is 15.7 Å². The number of hydrogen-bond acceptors (Lipinski definition) is 3. The number of benzene rings is 1. The number of unbranched alkanes of at least 4 members (excludes halogenated alkanes) is 13. The van der Waals surface area contributed by atoms with Crippen LogP contribution in [0.4, 0.5) is 5.69 Å². The fourth-order valence-corrected chi connectivity index (χ4v) is 4.68. The zero-order valence-electron chi connectivity index (χ0n) is 19.3. The van der Waals surface area contributed by atoms with E-state index < -0.39 is 10.0 Å². The first-order chi connectivity index (χ1) is 14.6. The molecule has 0 bridgehead atoms. The lowest BCUT2D eigenvalue weighted by atomic mass is 10.0. The van der Waals surface area contributed by atoms with Gasteiger partial charge in [-0.3, -0.25) is 4.72 Å². The van der Waals surface area contributed by atoms with Crippen molar-refractivity contribution in [3.63, 3.8) is 0 Å². The Morgan fingerprint density at radius 2 is 1.20 bits per heavy atom. The summed E-state index contributed by atoms with van der Waals surface area (Å²) in [7, 11) is -3.28. The Kier molecular flexibility index (Phi) is 15.6. The van der Waals surface area contributed by atoms with E-state index in [1.54, 1.807) is 30.9 Å². The molecule has 30 heavy (non-hydrogen) atoms. The monoisotopic (exact) mass is 438 g/mol. The van der Waals surface area contributed by atoms with Crippen molar-refractivity contribution in [1.82, 2.24) is 0 Å². The van der Waals surface area contributed by atoms with E-state index in [0.29, 0.717) is 11.4 Å². The van der Waals surface area contributed by atoms with E-state index in [-0.39, 0.29) is 5.75 Å². The van der Waals surface area contributed by atoms with Gasteiger partial charge < -0.3 is 4.74 Å². The molecule has 0 aromatic heterocycles. The molecule has 173 valence electrons. The second-order valence-electron chi connectivity index (χ2n) is 8.23. The predicted molar refractivity (Wildman–Crippen MR) is 129 cm³/mol. The SMILES string of the molecule is CC[CH]Oc1ccc(NS(=O)(=O)CCCCCCCCCCCCCCCC)cc1. The second-order valence-corrected chi connectivity index (χ2v) is 10.1. The minimum Gasteiger partial charge on any atom is -0.487 e. The third kappa shape index (κ3) is 14.7. The van der Waals surface area contributed by atoms with Crippen molar-refractivity contribution in [2.24, 2.45) is 0 Å². The molecule has 0 amide bonds. The Bertz CT molecular complexity index is 614. The van der Waals surface area contributed by atoms with Gasteiger partial charge in [0.25, 0.3) is 0 Å². The molecule has 0 saturated carbocycles. The standard InChI is InChI=1S/C25H44NO3S/c1-3-5-6-7-8-9-10-11-12-13-14-15-16-17-23-30(27,28)26-24-18-20-25(21-19-24)29-22-4-2/h18-22,26H,3-17,23H2,1-2H3. The molecule has 1 aromatic carbocycles. The van der Waals surface area contributed by atoms with E-state index in [4.69, 9.17) is 4.74 Å². The van der Waals surface area contributed by atoms with Gasteiger partial charge in [-0.05, 0) is 37.1 Å². The molecule has 0 heterocycles. The number of anilines is 1. The highest BCUT2D eigenvalue weighted by molar-refractivity contribution is 7.92. The van der Waals surface area contributed by atoms with Gasteiger partial charge in [-0.15, -0.1) is 0 Å². The second kappa shape index (κ2) is 17.5. The zero-order chi connectivity index (χ0) is 21.9. The Morgan fingerprint density at radius 1 is 0.733 bits per heavy atom. The van der Waals surface area contributed by atoms with Crippen molar-refractivity contribution in [2.75, 3.05) is 10.5 Å². The molecule has 0 aliphatic rings. The average molecular weight is 439 g/mol. The van der Waals surface area contributed by atoms with E-state index in [2.05, 4.69) is 11.6 Å². The van der Waals surface area contributed by atoms with Crippen LogP contribution in [0, 0.1) is 6.61 Å². The van der Waals surface area contributed by atoms with Gasteiger partial charge in [0.1, 0.15) is 12.4 Å². The average Bonchev–Trinajstić information content (AvgIpc) is 2.73. The fourth-order valence-electron chi connectivity index (χ4n) is 3.50. The lowest BCUT2D eigenvalue weighted by Gasteiger charge is -2.09. The summed E-state index contributed by atoms with van der Waals surface area (Å²) in [6, 6.07) is 7.02. The Hall–Kier alpha value is -1.23. The summed E-state index contributed by atoms with van der Waals surface area (Å²) in [6.45, 7) is 5.98. The quantitative estimate of drug-likeness (QED) is 0.211. The van der Waals surface area contributed by atoms with Crippen molar-refractivity contribution in [2.45, 2.75) is 110 Å². The molecule has 1 N–H and O–H groups in total. The third-order valence-corrected chi connectivity index (χ3v) is 6.65. The minimum absolute atomic E-state index is 0.187. The summed E-state index contributed by atoms with van der Waals surface area (Å²) in [5.74, 6) is 0.902. The molecule has 0 spiro atoms. The van der Waals surface area contributed by atoms with Crippen LogP contribution in [-0.2, 0) is 10.0 Å². The molecule has 0 aliphatic heterocycles. The largest absolute Gasteiger partial charge is 0.487 e. The summed E-state index contributed by atoms with van der Waals surface area (Å²) in [5, 5.41) is 0. The van der Waals surface area contributed by atoms with Crippen LogP contribution in [-0.4, -0.2) is 14.2 Å². The van der Waals surface area contributed by atoms with Crippen molar-refractivity contribution < 1.29 is 13.2 Å². The molecule has 1 aromatic rings. The van der Waals surface area contributed by atoms with Gasteiger partial charge in [0.05, 0.1) is 5.75 Å². The number of rotatable bonds is 20. The summed E-state index contributed by atoms with van der Waals surface area (Å²) in [4.78, 5) is 0. The summed E-state index contributed by atoms with van der Waals surface area (Å²) < 4.78 is 32.5. The highest BCUT2D eigenvalue weighted by Gasteiger charge is 2.10. The number of nitrogens with one attached hydrogen (secondary N) is 1. The maximum absolute atomic E-state index is 12.2. The van der Waals surface area contributed by atoms with Crippen LogP contribution >= 0.6 is 0 Å². The maximum Gasteiger partial charge on any atom is 0.232 e. The van der Waals surface area contributed by atoms with Crippen molar-refractivity contribution in [3.05, 3.63) is 30.9 Å². The van der Waals surface area contributed by atoms with Gasteiger partial charge in [-0.25, -0.2) is 8.42 Å². The first-order valence-electron chi connectivity index (χ1n) is 12.2. The van der Waals surface area contributed by atoms with E-state index in [1.165, 1.54) is 70.6 Å². The Balaban J connectivity index is 2.00.